The van der Waals surface area contributed by atoms with E-state index in [4.69, 9.17) is 4.42 Å². The summed E-state index contributed by atoms with van der Waals surface area (Å²) in [6, 6.07) is 0. The first-order valence-corrected chi connectivity index (χ1v) is 7.66. The maximum absolute atomic E-state index is 11.5. The third kappa shape index (κ3) is 8.19. The lowest BCUT2D eigenvalue weighted by Crippen LogP contribution is -2.42. The van der Waals surface area contributed by atoms with Gasteiger partial charge < -0.3 is 20.4 Å². The minimum absolute atomic E-state index is 0. The molecule has 0 bridgehead atoms. The van der Waals surface area contributed by atoms with Gasteiger partial charge in [0.2, 0.25) is 11.8 Å². The summed E-state index contributed by atoms with van der Waals surface area (Å²) < 4.78 is 5.50. The Hall–Kier alpha value is -1.32. The van der Waals surface area contributed by atoms with E-state index in [0.717, 1.165) is 18.0 Å². The van der Waals surface area contributed by atoms with E-state index in [1.54, 1.807) is 0 Å². The number of nitrogens with zero attached hydrogens (tertiary/aromatic N) is 2. The molecule has 1 aromatic rings. The van der Waals surface area contributed by atoms with Gasteiger partial charge in [-0.15, -0.1) is 24.0 Å². The molecule has 132 valence electrons. The third-order valence-corrected chi connectivity index (χ3v) is 3.03. The Morgan fingerprint density at radius 1 is 1.22 bits per heavy atom. The van der Waals surface area contributed by atoms with Crippen LogP contribution in [0.5, 0.6) is 0 Å². The SMILES string of the molecule is CCNC(=NCc1nc(C)c(C)o1)NCCNC(=O)C(C)C.I. The van der Waals surface area contributed by atoms with Crippen molar-refractivity contribution in [2.24, 2.45) is 10.9 Å². The molecule has 3 N–H and O–H groups in total. The second kappa shape index (κ2) is 11.3. The van der Waals surface area contributed by atoms with Gasteiger partial charge in [0.05, 0.1) is 5.69 Å². The van der Waals surface area contributed by atoms with Gasteiger partial charge in [0.15, 0.2) is 5.96 Å². The van der Waals surface area contributed by atoms with Crippen molar-refractivity contribution in [2.75, 3.05) is 19.6 Å². The van der Waals surface area contributed by atoms with E-state index < -0.39 is 0 Å². The van der Waals surface area contributed by atoms with Crippen LogP contribution in [0.1, 0.15) is 38.1 Å². The van der Waals surface area contributed by atoms with Crippen LogP contribution in [0.2, 0.25) is 0 Å². The molecule has 7 nitrogen and oxygen atoms in total. The quantitative estimate of drug-likeness (QED) is 0.262. The fourth-order valence-corrected chi connectivity index (χ4v) is 1.67. The predicted octanol–water partition coefficient (Wildman–Crippen LogP) is 1.74. The second-order valence-corrected chi connectivity index (χ2v) is 5.32. The molecule has 0 unspecified atom stereocenters. The average Bonchev–Trinajstić information content (AvgIpc) is 2.79. The number of carbonyl (C=O) groups is 1. The van der Waals surface area contributed by atoms with E-state index in [1.807, 2.05) is 34.6 Å². The second-order valence-electron chi connectivity index (χ2n) is 5.32. The maximum atomic E-state index is 11.5. The van der Waals surface area contributed by atoms with Gasteiger partial charge in [-0.25, -0.2) is 9.98 Å². The van der Waals surface area contributed by atoms with Crippen LogP contribution in [0.4, 0.5) is 0 Å². The van der Waals surface area contributed by atoms with E-state index >= 15 is 0 Å². The average molecular weight is 437 g/mol. The zero-order valence-electron chi connectivity index (χ0n) is 14.5. The highest BCUT2D eigenvalue weighted by molar-refractivity contribution is 14.0. The van der Waals surface area contributed by atoms with Crippen molar-refractivity contribution < 1.29 is 9.21 Å². The maximum Gasteiger partial charge on any atom is 0.222 e. The zero-order chi connectivity index (χ0) is 16.5. The Balaban J connectivity index is 0.00000484. The summed E-state index contributed by atoms with van der Waals surface area (Å²) in [4.78, 5) is 20.2. The minimum Gasteiger partial charge on any atom is -0.444 e. The lowest BCUT2D eigenvalue weighted by Gasteiger charge is -2.12. The Bertz CT molecular complexity index is 494. The number of aliphatic imine (C=N–C) groups is 1. The van der Waals surface area contributed by atoms with Crippen molar-refractivity contribution in [1.82, 2.24) is 20.9 Å². The summed E-state index contributed by atoms with van der Waals surface area (Å²) in [5, 5.41) is 9.15. The normalized spacial score (nSPS) is 11.1. The summed E-state index contributed by atoms with van der Waals surface area (Å²) in [6.45, 7) is 11.8. The largest absolute Gasteiger partial charge is 0.444 e. The predicted molar refractivity (Wildman–Crippen MR) is 102 cm³/mol. The van der Waals surface area contributed by atoms with Gasteiger partial charge >= 0.3 is 0 Å². The molecule has 8 heteroatoms. The number of guanidine groups is 1. The molecular weight excluding hydrogens is 409 g/mol. The first kappa shape index (κ1) is 21.7. The van der Waals surface area contributed by atoms with E-state index in [1.165, 1.54) is 0 Å². The number of hydrogen-bond donors (Lipinski definition) is 3. The van der Waals surface area contributed by atoms with Crippen molar-refractivity contribution in [3.8, 4) is 0 Å². The number of halogens is 1. The van der Waals surface area contributed by atoms with Gasteiger partial charge in [-0.3, -0.25) is 4.79 Å². The molecule has 23 heavy (non-hydrogen) atoms. The fraction of sp³-hybridized carbons (Fsp3) is 0.667. The Labute approximate surface area is 155 Å². The van der Waals surface area contributed by atoms with Crippen LogP contribution in [-0.2, 0) is 11.3 Å². The van der Waals surface area contributed by atoms with Crippen molar-refractivity contribution in [3.05, 3.63) is 17.3 Å². The number of hydrogen-bond acceptors (Lipinski definition) is 4. The Morgan fingerprint density at radius 2 is 1.87 bits per heavy atom. The molecule has 0 saturated heterocycles. The van der Waals surface area contributed by atoms with Crippen LogP contribution in [0.15, 0.2) is 9.41 Å². The number of aryl methyl sites for hydroxylation is 2. The topological polar surface area (TPSA) is 91.6 Å². The summed E-state index contributed by atoms with van der Waals surface area (Å²) in [5.74, 6) is 2.14. The highest BCUT2D eigenvalue weighted by atomic mass is 127. The molecule has 0 fully saturated rings. The molecule has 0 radical (unpaired) electrons. The first-order valence-electron chi connectivity index (χ1n) is 7.66. The van der Waals surface area contributed by atoms with Gasteiger partial charge in [-0.1, -0.05) is 13.8 Å². The molecule has 0 atom stereocenters. The van der Waals surface area contributed by atoms with Crippen molar-refractivity contribution in [1.29, 1.82) is 0 Å². The van der Waals surface area contributed by atoms with Crippen LogP contribution in [-0.4, -0.2) is 36.5 Å². The molecule has 0 spiro atoms. The minimum atomic E-state index is -0.00147. The van der Waals surface area contributed by atoms with Gasteiger partial charge in [-0.05, 0) is 20.8 Å². The van der Waals surface area contributed by atoms with Crippen molar-refractivity contribution in [2.45, 2.75) is 41.2 Å². The number of oxazole rings is 1. The molecule has 1 rings (SSSR count). The van der Waals surface area contributed by atoms with Gasteiger partial charge in [-0.2, -0.15) is 0 Å². The Morgan fingerprint density at radius 3 is 2.39 bits per heavy atom. The third-order valence-electron chi connectivity index (χ3n) is 3.03. The molecule has 0 aromatic carbocycles. The van der Waals surface area contributed by atoms with Gasteiger partial charge in [0.1, 0.15) is 12.3 Å². The smallest absolute Gasteiger partial charge is 0.222 e. The summed E-state index contributed by atoms with van der Waals surface area (Å²) >= 11 is 0. The lowest BCUT2D eigenvalue weighted by molar-refractivity contribution is -0.123. The monoisotopic (exact) mass is 437 g/mol. The fourth-order valence-electron chi connectivity index (χ4n) is 1.67. The highest BCUT2D eigenvalue weighted by Gasteiger charge is 2.06. The molecule has 0 aliphatic carbocycles. The van der Waals surface area contributed by atoms with Crippen molar-refractivity contribution in [3.63, 3.8) is 0 Å². The number of amides is 1. The van der Waals surface area contributed by atoms with Crippen LogP contribution >= 0.6 is 24.0 Å². The standard InChI is InChI=1S/C15H27N5O2.HI/c1-6-16-15(18-8-7-17-14(21)10(2)3)19-9-13-20-11(4)12(5)22-13;/h10H,6-9H2,1-5H3,(H,17,21)(H2,16,18,19);1H. The first-order chi connectivity index (χ1) is 10.4. The van der Waals surface area contributed by atoms with E-state index in [9.17, 15) is 4.79 Å². The van der Waals surface area contributed by atoms with Gasteiger partial charge in [0.25, 0.3) is 0 Å². The van der Waals surface area contributed by atoms with E-state index in [2.05, 4.69) is 25.9 Å². The van der Waals surface area contributed by atoms with Gasteiger partial charge in [0, 0.05) is 25.6 Å². The molecular formula is C15H28IN5O2. The highest BCUT2D eigenvalue weighted by Crippen LogP contribution is 2.08. The van der Waals surface area contributed by atoms with Crippen LogP contribution < -0.4 is 16.0 Å². The Kier molecular flexibility index (Phi) is 10.6. The summed E-state index contributed by atoms with van der Waals surface area (Å²) in [7, 11) is 0. The summed E-state index contributed by atoms with van der Waals surface area (Å²) in [6.07, 6.45) is 0. The molecule has 0 aliphatic heterocycles. The molecule has 0 aliphatic rings. The van der Waals surface area contributed by atoms with Crippen molar-refractivity contribution >= 4 is 35.8 Å². The number of aromatic nitrogens is 1. The van der Waals surface area contributed by atoms with Crippen LogP contribution in [0.25, 0.3) is 0 Å². The molecule has 1 aromatic heterocycles. The van der Waals surface area contributed by atoms with E-state index in [0.29, 0.717) is 31.5 Å². The van der Waals surface area contributed by atoms with E-state index in [-0.39, 0.29) is 35.8 Å². The molecule has 1 heterocycles. The van der Waals surface area contributed by atoms with Crippen LogP contribution in [0.3, 0.4) is 0 Å². The summed E-state index contributed by atoms with van der Waals surface area (Å²) in [5.41, 5.74) is 0.888. The molecule has 1 amide bonds. The number of nitrogens with one attached hydrogen (secondary N) is 3. The van der Waals surface area contributed by atoms with Crippen LogP contribution in [0, 0.1) is 19.8 Å². The number of rotatable bonds is 7. The zero-order valence-corrected chi connectivity index (χ0v) is 16.9. The lowest BCUT2D eigenvalue weighted by atomic mass is 10.2. The molecule has 0 saturated carbocycles. The number of carbonyl (C=O) groups excluding carboxylic acids is 1.